The van der Waals surface area contributed by atoms with Gasteiger partial charge in [-0.05, 0) is 30.3 Å². The van der Waals surface area contributed by atoms with Crippen LogP contribution in [-0.4, -0.2) is 21.9 Å². The van der Waals surface area contributed by atoms with Crippen molar-refractivity contribution in [3.8, 4) is 11.5 Å². The SMILES string of the molecule is COc1ccc(Cl)cc1S(=O)(=O)Nc1ccccc1OC(F)(F)F. The molecule has 1 N–H and O–H groups in total. The summed E-state index contributed by atoms with van der Waals surface area (Å²) in [6.07, 6.45) is -4.96. The molecular formula is C14H11ClF3NO4S. The molecule has 5 nitrogen and oxygen atoms in total. The smallest absolute Gasteiger partial charge is 0.495 e. The zero-order chi connectivity index (χ0) is 18.0. The summed E-state index contributed by atoms with van der Waals surface area (Å²) in [7, 11) is -3.01. The van der Waals surface area contributed by atoms with E-state index in [1.165, 1.54) is 31.4 Å². The normalized spacial score (nSPS) is 11.9. The number of halogens is 4. The van der Waals surface area contributed by atoms with Gasteiger partial charge in [-0.15, -0.1) is 13.2 Å². The third kappa shape index (κ3) is 4.45. The topological polar surface area (TPSA) is 64.6 Å². The Balaban J connectivity index is 2.43. The minimum atomic E-state index is -4.96. The van der Waals surface area contributed by atoms with Gasteiger partial charge in [-0.3, -0.25) is 4.72 Å². The number of hydrogen-bond donors (Lipinski definition) is 1. The van der Waals surface area contributed by atoms with Gasteiger partial charge in [0.2, 0.25) is 0 Å². The van der Waals surface area contributed by atoms with E-state index in [-0.39, 0.29) is 21.4 Å². The third-order valence-corrected chi connectivity index (χ3v) is 4.39. The van der Waals surface area contributed by atoms with Gasteiger partial charge in [-0.25, -0.2) is 8.42 Å². The third-order valence-electron chi connectivity index (χ3n) is 2.77. The molecular weight excluding hydrogens is 371 g/mol. The molecule has 0 fully saturated rings. The first-order valence-corrected chi connectivity index (χ1v) is 8.19. The monoisotopic (exact) mass is 381 g/mol. The van der Waals surface area contributed by atoms with Crippen LogP contribution in [0.3, 0.4) is 0 Å². The Morgan fingerprint density at radius 3 is 2.38 bits per heavy atom. The number of ether oxygens (including phenoxy) is 2. The van der Waals surface area contributed by atoms with Crippen molar-refractivity contribution in [1.29, 1.82) is 0 Å². The van der Waals surface area contributed by atoms with Gasteiger partial charge in [0.05, 0.1) is 12.8 Å². The fourth-order valence-corrected chi connectivity index (χ4v) is 3.33. The van der Waals surface area contributed by atoms with Crippen LogP contribution in [0.15, 0.2) is 47.4 Å². The molecule has 0 spiro atoms. The first-order valence-electron chi connectivity index (χ1n) is 6.33. The van der Waals surface area contributed by atoms with Crippen molar-refractivity contribution in [1.82, 2.24) is 0 Å². The Hall–Kier alpha value is -2.13. The van der Waals surface area contributed by atoms with Crippen LogP contribution in [0.25, 0.3) is 0 Å². The van der Waals surface area contributed by atoms with Crippen molar-refractivity contribution in [2.45, 2.75) is 11.3 Å². The summed E-state index contributed by atoms with van der Waals surface area (Å²) in [5.74, 6) is -0.698. The number of benzene rings is 2. The number of para-hydroxylation sites is 2. The summed E-state index contributed by atoms with van der Waals surface area (Å²) < 4.78 is 73.0. The van der Waals surface area contributed by atoms with Gasteiger partial charge in [0.1, 0.15) is 10.6 Å². The predicted octanol–water partition coefficient (Wildman–Crippen LogP) is 4.05. The Morgan fingerprint density at radius 2 is 1.75 bits per heavy atom. The molecule has 0 saturated carbocycles. The molecule has 0 atom stereocenters. The summed E-state index contributed by atoms with van der Waals surface area (Å²) in [5.41, 5.74) is -0.378. The van der Waals surface area contributed by atoms with Crippen molar-refractivity contribution in [2.75, 3.05) is 11.8 Å². The Bertz CT molecular complexity index is 840. The molecule has 0 aliphatic heterocycles. The summed E-state index contributed by atoms with van der Waals surface area (Å²) in [4.78, 5) is -0.320. The number of anilines is 1. The molecule has 0 radical (unpaired) electrons. The number of rotatable bonds is 5. The lowest BCUT2D eigenvalue weighted by Gasteiger charge is -2.16. The highest BCUT2D eigenvalue weighted by Gasteiger charge is 2.32. The number of nitrogens with one attached hydrogen (secondary N) is 1. The van der Waals surface area contributed by atoms with Gasteiger partial charge >= 0.3 is 6.36 Å². The molecule has 24 heavy (non-hydrogen) atoms. The summed E-state index contributed by atoms with van der Waals surface area (Å²) in [6, 6.07) is 8.62. The van der Waals surface area contributed by atoms with Crippen LogP contribution in [0.1, 0.15) is 0 Å². The van der Waals surface area contributed by atoms with Gasteiger partial charge in [0.15, 0.2) is 5.75 Å². The Morgan fingerprint density at radius 1 is 1.08 bits per heavy atom. The molecule has 2 rings (SSSR count). The molecule has 0 saturated heterocycles. The predicted molar refractivity (Wildman–Crippen MR) is 81.9 cm³/mol. The number of alkyl halides is 3. The van der Waals surface area contributed by atoms with Gasteiger partial charge in [0.25, 0.3) is 10.0 Å². The summed E-state index contributed by atoms with van der Waals surface area (Å²) >= 11 is 5.78. The molecule has 0 bridgehead atoms. The van der Waals surface area contributed by atoms with Crippen LogP contribution in [0.2, 0.25) is 5.02 Å². The standard InChI is InChI=1S/C14H11ClF3NO4S/c1-22-12-7-6-9(15)8-13(12)24(20,21)19-10-4-2-3-5-11(10)23-14(16,17)18/h2-8,19H,1H3. The van der Waals surface area contributed by atoms with Crippen LogP contribution in [-0.2, 0) is 10.0 Å². The van der Waals surface area contributed by atoms with E-state index in [1.54, 1.807) is 0 Å². The molecule has 0 unspecified atom stereocenters. The van der Waals surface area contributed by atoms with Crippen LogP contribution in [0, 0.1) is 0 Å². The minimum Gasteiger partial charge on any atom is -0.495 e. The van der Waals surface area contributed by atoms with Gasteiger partial charge in [-0.2, -0.15) is 0 Å². The Labute approximate surface area is 141 Å². The first kappa shape index (κ1) is 18.2. The maximum Gasteiger partial charge on any atom is 0.573 e. The van der Waals surface area contributed by atoms with E-state index in [9.17, 15) is 21.6 Å². The summed E-state index contributed by atoms with van der Waals surface area (Å²) in [5, 5.41) is 0.121. The highest BCUT2D eigenvalue weighted by Crippen LogP contribution is 2.33. The quantitative estimate of drug-likeness (QED) is 0.848. The lowest BCUT2D eigenvalue weighted by molar-refractivity contribution is -0.274. The van der Waals surface area contributed by atoms with Gasteiger partial charge in [0, 0.05) is 5.02 Å². The van der Waals surface area contributed by atoms with Crippen LogP contribution in [0.4, 0.5) is 18.9 Å². The van der Waals surface area contributed by atoms with Crippen molar-refractivity contribution >= 4 is 27.3 Å². The van der Waals surface area contributed by atoms with E-state index >= 15 is 0 Å². The number of methoxy groups -OCH3 is 1. The zero-order valence-corrected chi connectivity index (χ0v) is 13.7. The molecule has 10 heteroatoms. The van der Waals surface area contributed by atoms with E-state index < -0.39 is 22.1 Å². The van der Waals surface area contributed by atoms with Gasteiger partial charge < -0.3 is 9.47 Å². The van der Waals surface area contributed by atoms with Crippen molar-refractivity contribution in [3.63, 3.8) is 0 Å². The second-order valence-corrected chi connectivity index (χ2v) is 6.53. The average molecular weight is 382 g/mol. The van der Waals surface area contributed by atoms with Crippen LogP contribution < -0.4 is 14.2 Å². The summed E-state index contributed by atoms with van der Waals surface area (Å²) in [6.45, 7) is 0. The van der Waals surface area contributed by atoms with E-state index in [2.05, 4.69) is 4.74 Å². The first-order chi connectivity index (χ1) is 11.1. The lowest BCUT2D eigenvalue weighted by atomic mass is 10.3. The highest BCUT2D eigenvalue weighted by atomic mass is 35.5. The minimum absolute atomic E-state index is 0.0129. The highest BCUT2D eigenvalue weighted by molar-refractivity contribution is 7.92. The van der Waals surface area contributed by atoms with Crippen molar-refractivity contribution in [3.05, 3.63) is 47.5 Å². The van der Waals surface area contributed by atoms with E-state index in [0.29, 0.717) is 0 Å². The molecule has 2 aromatic carbocycles. The molecule has 2 aromatic rings. The Kier molecular flexibility index (Phi) is 5.14. The fourth-order valence-electron chi connectivity index (χ4n) is 1.82. The van der Waals surface area contributed by atoms with Gasteiger partial charge in [-0.1, -0.05) is 23.7 Å². The van der Waals surface area contributed by atoms with Crippen molar-refractivity contribution < 1.29 is 31.1 Å². The average Bonchev–Trinajstić information content (AvgIpc) is 2.47. The van der Waals surface area contributed by atoms with Crippen LogP contribution in [0.5, 0.6) is 11.5 Å². The molecule has 0 heterocycles. The van der Waals surface area contributed by atoms with Crippen LogP contribution >= 0.6 is 11.6 Å². The van der Waals surface area contributed by atoms with Crippen molar-refractivity contribution in [2.24, 2.45) is 0 Å². The molecule has 0 amide bonds. The maximum atomic E-state index is 12.5. The second-order valence-electron chi connectivity index (χ2n) is 4.44. The largest absolute Gasteiger partial charge is 0.573 e. The lowest BCUT2D eigenvalue weighted by Crippen LogP contribution is -2.20. The molecule has 130 valence electrons. The fraction of sp³-hybridized carbons (Fsp3) is 0.143. The number of hydrogen-bond acceptors (Lipinski definition) is 4. The maximum absolute atomic E-state index is 12.5. The van der Waals surface area contributed by atoms with E-state index in [4.69, 9.17) is 16.3 Å². The number of sulfonamides is 1. The molecule has 0 aliphatic carbocycles. The second kappa shape index (κ2) is 6.78. The van der Waals surface area contributed by atoms with E-state index in [1.807, 2.05) is 4.72 Å². The van der Waals surface area contributed by atoms with E-state index in [0.717, 1.165) is 18.2 Å². The molecule has 0 aromatic heterocycles. The zero-order valence-electron chi connectivity index (χ0n) is 12.1. The molecule has 0 aliphatic rings.